The summed E-state index contributed by atoms with van der Waals surface area (Å²) in [5, 5.41) is 17.1. The molecule has 0 aliphatic carbocycles. The molecule has 5 amide bonds. The van der Waals surface area contributed by atoms with E-state index < -0.39 is 18.1 Å². The molecule has 0 bridgehead atoms. The lowest BCUT2D eigenvalue weighted by molar-refractivity contribution is -0.137. The zero-order valence-corrected chi connectivity index (χ0v) is 39.4. The maximum absolute atomic E-state index is 13.2. The van der Waals surface area contributed by atoms with Crippen LogP contribution in [0.3, 0.4) is 0 Å². The maximum atomic E-state index is 13.2. The normalized spacial score (nSPS) is 16.7. The number of fused-ring (bicyclic) bond motifs is 1. The zero-order chi connectivity index (χ0) is 48.7. The number of anilines is 2. The van der Waals surface area contributed by atoms with E-state index in [1.54, 1.807) is 47.3 Å². The van der Waals surface area contributed by atoms with E-state index in [1.807, 2.05) is 60.4 Å². The Labute approximate surface area is 402 Å². The average Bonchev–Trinajstić information content (AvgIpc) is 3.70. The summed E-state index contributed by atoms with van der Waals surface area (Å²) in [4.78, 5) is 78.4. The summed E-state index contributed by atoms with van der Waals surface area (Å²) >= 11 is 0. The van der Waals surface area contributed by atoms with Gasteiger partial charge in [0.25, 0.3) is 11.8 Å². The van der Waals surface area contributed by atoms with Crippen LogP contribution in [0.2, 0.25) is 0 Å². The first-order chi connectivity index (χ1) is 33.4. The number of amides is 5. The number of unbranched alkanes of at least 4 members (excludes halogenated alkanes) is 2. The van der Waals surface area contributed by atoms with Crippen LogP contribution in [0.25, 0.3) is 0 Å². The molecule has 19 nitrogen and oxygen atoms in total. The third-order valence-electron chi connectivity index (χ3n) is 12.5. The molecule has 0 spiro atoms. The minimum absolute atomic E-state index is 0.0257. The molecule has 6 N–H and O–H groups in total. The van der Waals surface area contributed by atoms with Gasteiger partial charge in [0.2, 0.25) is 17.7 Å². The third-order valence-corrected chi connectivity index (χ3v) is 12.5. The fourth-order valence-corrected chi connectivity index (χ4v) is 8.40. The molecule has 1 aromatic heterocycles. The lowest BCUT2D eigenvalue weighted by Gasteiger charge is -2.36. The third kappa shape index (κ3) is 13.6. The molecular formula is C50H63N11O8. The summed E-state index contributed by atoms with van der Waals surface area (Å²) in [6.07, 6.45) is 6.41. The van der Waals surface area contributed by atoms with Crippen LogP contribution in [-0.2, 0) is 30.4 Å². The number of nitrogens with two attached hydrogens (primary N) is 1. The Morgan fingerprint density at radius 2 is 1.71 bits per heavy atom. The van der Waals surface area contributed by atoms with Gasteiger partial charge in [-0.2, -0.15) is 0 Å². The van der Waals surface area contributed by atoms with E-state index >= 15 is 0 Å². The Morgan fingerprint density at radius 3 is 2.51 bits per heavy atom. The molecule has 4 aromatic rings. The molecule has 69 heavy (non-hydrogen) atoms. The van der Waals surface area contributed by atoms with Crippen molar-refractivity contribution in [2.24, 2.45) is 5.73 Å². The number of hydrogen-bond acceptors (Lipinski definition) is 14. The van der Waals surface area contributed by atoms with Crippen LogP contribution >= 0.6 is 0 Å². The van der Waals surface area contributed by atoms with Crippen molar-refractivity contribution in [2.45, 2.75) is 70.2 Å². The number of carbonyl (C=O) groups is 5. The number of ether oxygens (including phenoxy) is 3. The van der Waals surface area contributed by atoms with Gasteiger partial charge in [0.15, 0.2) is 0 Å². The molecule has 7 rings (SSSR count). The number of piperazine rings is 1. The molecule has 19 heteroatoms. The second-order valence-electron chi connectivity index (χ2n) is 17.4. The van der Waals surface area contributed by atoms with Gasteiger partial charge in [0.05, 0.1) is 18.8 Å². The van der Waals surface area contributed by atoms with Gasteiger partial charge in [-0.25, -0.2) is 9.97 Å². The average molecular weight is 946 g/mol. The van der Waals surface area contributed by atoms with Gasteiger partial charge < -0.3 is 50.2 Å². The molecule has 3 aromatic carbocycles. The number of hydrogen-bond donors (Lipinski definition) is 5. The first kappa shape index (κ1) is 49.9. The number of carbonyl (C=O) groups excluding carboxylic acids is 5. The molecule has 0 saturated carbocycles. The molecule has 2 saturated heterocycles. The number of piperidine rings is 1. The van der Waals surface area contributed by atoms with Gasteiger partial charge in [-0.3, -0.25) is 34.7 Å². The Bertz CT molecular complexity index is 2430. The fourth-order valence-electron chi connectivity index (χ4n) is 8.40. The highest BCUT2D eigenvalue weighted by molar-refractivity contribution is 6.05. The Balaban J connectivity index is 0.704. The predicted octanol–water partition coefficient (Wildman–Crippen LogP) is 3.70. The van der Waals surface area contributed by atoms with Crippen molar-refractivity contribution in [2.75, 3.05) is 83.0 Å². The molecule has 3 atom stereocenters. The van der Waals surface area contributed by atoms with Crippen molar-refractivity contribution in [1.29, 1.82) is 5.41 Å². The Morgan fingerprint density at radius 1 is 0.928 bits per heavy atom. The number of rotatable bonds is 23. The van der Waals surface area contributed by atoms with Gasteiger partial charge in [0, 0.05) is 101 Å². The van der Waals surface area contributed by atoms with Crippen molar-refractivity contribution in [3.05, 3.63) is 113 Å². The van der Waals surface area contributed by atoms with Crippen LogP contribution in [0.15, 0.2) is 85.3 Å². The van der Waals surface area contributed by atoms with Crippen LogP contribution in [0.4, 0.5) is 11.4 Å². The van der Waals surface area contributed by atoms with Crippen LogP contribution < -0.4 is 31.3 Å². The second kappa shape index (κ2) is 24.4. The van der Waals surface area contributed by atoms with E-state index in [0.717, 1.165) is 47.5 Å². The lowest BCUT2D eigenvalue weighted by Crippen LogP contribution is -2.52. The van der Waals surface area contributed by atoms with Gasteiger partial charge in [-0.1, -0.05) is 18.2 Å². The highest BCUT2D eigenvalue weighted by Crippen LogP contribution is 2.31. The van der Waals surface area contributed by atoms with E-state index in [2.05, 4.69) is 30.8 Å². The summed E-state index contributed by atoms with van der Waals surface area (Å²) in [5.41, 5.74) is 11.4. The second-order valence-corrected chi connectivity index (χ2v) is 17.4. The minimum Gasteiger partial charge on any atom is -0.494 e. The summed E-state index contributed by atoms with van der Waals surface area (Å²) in [5.74, 6) is -0.260. The van der Waals surface area contributed by atoms with Crippen LogP contribution in [0, 0.1) is 5.41 Å². The highest BCUT2D eigenvalue weighted by atomic mass is 16.5. The van der Waals surface area contributed by atoms with Gasteiger partial charge in [0.1, 0.15) is 36.3 Å². The Hall–Kier alpha value is -6.96. The molecule has 0 radical (unpaired) electrons. The monoisotopic (exact) mass is 945 g/mol. The number of benzene rings is 3. The van der Waals surface area contributed by atoms with E-state index in [1.165, 1.54) is 6.33 Å². The van der Waals surface area contributed by atoms with E-state index in [4.69, 9.17) is 25.4 Å². The van der Waals surface area contributed by atoms with Gasteiger partial charge in [-0.15, -0.1) is 0 Å². The first-order valence-corrected chi connectivity index (χ1v) is 23.6. The minimum atomic E-state index is -0.646. The molecule has 366 valence electrons. The van der Waals surface area contributed by atoms with E-state index in [0.29, 0.717) is 95.4 Å². The Kier molecular flexibility index (Phi) is 17.6. The molecular weight excluding hydrogens is 883 g/mol. The summed E-state index contributed by atoms with van der Waals surface area (Å²) in [6.45, 7) is 7.24. The smallest absolute Gasteiger partial charge is 0.255 e. The van der Waals surface area contributed by atoms with E-state index in [-0.39, 0.29) is 48.5 Å². The molecule has 3 aliphatic heterocycles. The number of imide groups is 1. The number of aromatic nitrogens is 2. The number of amidine groups is 1. The zero-order valence-electron chi connectivity index (χ0n) is 39.4. The number of nitrogens with zero attached hydrogens (tertiary/aromatic N) is 6. The quantitative estimate of drug-likeness (QED) is 0.0235. The number of likely N-dealkylation sites (N-methyl/N-ethyl adjacent to an activating group) is 1. The lowest BCUT2D eigenvalue weighted by atomic mass is 10.0. The SMILES string of the molecule is C[C@@H](NC(=O)c1cccc(NCC(N)N(C)C(=N)c2ccncn2)c1)c1cccc(OCCCCCOCCCOCC(=O)N2CCN(c3ccc4c(c3)CN(C3CCC(=O)NC3=O)C4=O)CC2)c1. The summed E-state index contributed by atoms with van der Waals surface area (Å²) in [6, 6.07) is 21.4. The predicted molar refractivity (Wildman–Crippen MR) is 259 cm³/mol. The van der Waals surface area contributed by atoms with Crippen molar-refractivity contribution in [3.8, 4) is 5.75 Å². The van der Waals surface area contributed by atoms with Crippen LogP contribution in [0.5, 0.6) is 5.75 Å². The topological polar surface area (TPSA) is 238 Å². The highest BCUT2D eigenvalue weighted by Gasteiger charge is 2.39. The van der Waals surface area contributed by atoms with Crippen molar-refractivity contribution in [3.63, 3.8) is 0 Å². The molecule has 2 unspecified atom stereocenters. The molecule has 4 heterocycles. The summed E-state index contributed by atoms with van der Waals surface area (Å²) < 4.78 is 17.5. The van der Waals surface area contributed by atoms with Crippen molar-refractivity contribution in [1.82, 2.24) is 35.3 Å². The fraction of sp³-hybridized carbons (Fsp3) is 0.440. The van der Waals surface area contributed by atoms with Crippen LogP contribution in [0.1, 0.15) is 89.0 Å². The number of nitrogens with one attached hydrogen (secondary N) is 4. The van der Waals surface area contributed by atoms with Crippen molar-refractivity contribution < 1.29 is 38.2 Å². The van der Waals surface area contributed by atoms with Crippen molar-refractivity contribution >= 4 is 46.7 Å². The largest absolute Gasteiger partial charge is 0.494 e. The van der Waals surface area contributed by atoms with Crippen LogP contribution in [-0.4, -0.2) is 145 Å². The van der Waals surface area contributed by atoms with E-state index in [9.17, 15) is 24.0 Å². The van der Waals surface area contributed by atoms with Gasteiger partial charge in [-0.05, 0) is 105 Å². The standard InChI is InChI=1S/C50H63N11O8/c1-34(56-48(64)36-10-6-11-38(27-36)54-30-44(51)58(2)47(52)42-17-18-53-33-55-42)35-9-7-12-40(29-35)69-26-5-3-4-23-67-24-8-25-68-32-46(63)60-21-19-59(20-22-60)39-13-14-41-37(28-39)31-61(50(41)66)43-15-16-45(62)57-49(43)65/h6-7,9-14,17-18,27-29,33-34,43-44,52,54H,3-5,8,15-16,19-26,30-32,51H2,1-2H3,(H,56,64)(H,57,62,65)/t34-,43?,44?/m1/s1. The summed E-state index contributed by atoms with van der Waals surface area (Å²) in [7, 11) is 1.73. The first-order valence-electron chi connectivity index (χ1n) is 23.6. The van der Waals surface area contributed by atoms with Gasteiger partial charge >= 0.3 is 0 Å². The molecule has 2 fully saturated rings. The maximum Gasteiger partial charge on any atom is 0.255 e. The molecule has 3 aliphatic rings.